The third-order valence-corrected chi connectivity index (χ3v) is 13.1. The summed E-state index contributed by atoms with van der Waals surface area (Å²) < 4.78 is 0. The monoisotopic (exact) mass is 815 g/mol. The zero-order valence-corrected chi connectivity index (χ0v) is 38.6. The molecule has 1 heterocycles. The van der Waals surface area contributed by atoms with Gasteiger partial charge in [0.15, 0.2) is 0 Å². The molecular formula is C62H57N. The van der Waals surface area contributed by atoms with Gasteiger partial charge in [-0.05, 0) is 206 Å². The van der Waals surface area contributed by atoms with Gasteiger partial charge in [0.1, 0.15) is 0 Å². The molecule has 0 N–H and O–H groups in total. The van der Waals surface area contributed by atoms with Gasteiger partial charge < -0.3 is 4.90 Å². The van der Waals surface area contributed by atoms with Gasteiger partial charge in [0.05, 0.1) is 0 Å². The predicted molar refractivity (Wildman–Crippen MR) is 271 cm³/mol. The van der Waals surface area contributed by atoms with Crippen molar-refractivity contribution in [3.63, 3.8) is 0 Å². The Bertz CT molecular complexity index is 3190. The lowest BCUT2D eigenvalue weighted by Crippen LogP contribution is -2.12. The topological polar surface area (TPSA) is 3.24 Å². The van der Waals surface area contributed by atoms with E-state index in [1.807, 2.05) is 0 Å². The molecule has 0 saturated heterocycles. The van der Waals surface area contributed by atoms with Crippen molar-refractivity contribution in [1.82, 2.24) is 0 Å². The number of fused-ring (bicyclic) bond motifs is 8. The molecule has 6 bridgehead atoms. The van der Waals surface area contributed by atoms with Crippen LogP contribution < -0.4 is 4.90 Å². The lowest BCUT2D eigenvalue weighted by atomic mass is 9.79. The van der Waals surface area contributed by atoms with Gasteiger partial charge in [0, 0.05) is 23.0 Å². The molecule has 0 aliphatic carbocycles. The van der Waals surface area contributed by atoms with Crippen molar-refractivity contribution in [2.45, 2.75) is 81.6 Å². The lowest BCUT2D eigenvalue weighted by Gasteiger charge is -2.29. The van der Waals surface area contributed by atoms with Gasteiger partial charge in [-0.25, -0.2) is 0 Å². The van der Waals surface area contributed by atoms with Gasteiger partial charge in [-0.15, -0.1) is 0 Å². The number of anilines is 3. The molecule has 0 aromatic heterocycles. The molecule has 0 spiro atoms. The first-order valence-corrected chi connectivity index (χ1v) is 22.6. The molecular weight excluding hydrogens is 759 g/mol. The number of nitrogens with zero attached hydrogens (tertiary/aromatic N) is 1. The molecule has 9 aromatic carbocycles. The highest BCUT2D eigenvalue weighted by molar-refractivity contribution is 6.22. The Balaban J connectivity index is 1.36. The fourth-order valence-electron chi connectivity index (χ4n) is 11.2. The van der Waals surface area contributed by atoms with E-state index in [4.69, 9.17) is 0 Å². The van der Waals surface area contributed by atoms with E-state index in [9.17, 15) is 0 Å². The largest absolute Gasteiger partial charge is 0.310 e. The van der Waals surface area contributed by atoms with Crippen LogP contribution in [0.5, 0.6) is 0 Å². The van der Waals surface area contributed by atoms with Crippen LogP contribution in [0.4, 0.5) is 17.1 Å². The summed E-state index contributed by atoms with van der Waals surface area (Å²) >= 11 is 0. The summed E-state index contributed by atoms with van der Waals surface area (Å²) in [5.41, 5.74) is 28.0. The molecule has 63 heavy (non-hydrogen) atoms. The van der Waals surface area contributed by atoms with Crippen molar-refractivity contribution in [3.05, 3.63) is 229 Å². The van der Waals surface area contributed by atoms with E-state index in [1.54, 1.807) is 0 Å². The molecule has 0 unspecified atom stereocenters. The van der Waals surface area contributed by atoms with Crippen LogP contribution in [0.3, 0.4) is 0 Å². The maximum absolute atomic E-state index is 2.55. The van der Waals surface area contributed by atoms with Gasteiger partial charge in [-0.2, -0.15) is 0 Å². The van der Waals surface area contributed by atoms with Crippen LogP contribution in [-0.2, 0) is 6.42 Å². The first kappa shape index (κ1) is 40.4. The van der Waals surface area contributed by atoms with Crippen molar-refractivity contribution >= 4 is 38.6 Å². The smallest absolute Gasteiger partial charge is 0.0468 e. The Morgan fingerprint density at radius 1 is 0.302 bits per heavy atom. The minimum atomic E-state index is 0.0625. The quantitative estimate of drug-likeness (QED) is 0.124. The van der Waals surface area contributed by atoms with Crippen molar-refractivity contribution < 1.29 is 0 Å². The zero-order chi connectivity index (χ0) is 43.8. The number of hydrogen-bond acceptors (Lipinski definition) is 1. The second-order valence-corrected chi connectivity index (χ2v) is 19.2. The molecule has 10 rings (SSSR count). The zero-order valence-electron chi connectivity index (χ0n) is 38.6. The van der Waals surface area contributed by atoms with Gasteiger partial charge in [-0.1, -0.05) is 142 Å². The average molecular weight is 816 g/mol. The SMILES string of the molecule is Cc1cc(C)cc(-c2c3ccc4cc3c(c3ccc(C(c5cc(C)cc(C)c5)c5cc(C)cc(C)c5)cc23)-c2cc(C)cc(c2)Cc2cc(C)cc(c2)N4c2cc(C)cc(C)c2)c1. The standard InChI is InChI=1S/C62H57N/c1-36-15-37(2)22-49(21-36)60(50-23-38(3)16-39(4)24-50)48-11-13-56-58(34-48)61(51-25-40(5)17-41(6)26-51)57-14-12-53-35-59(57)62(56)52-27-44(9)19-46(32-52)31-47-20-45(10)30-55(33-47)63(53)54-28-42(7)18-43(8)29-54/h11-30,32-35,60H,31H2,1-10H3. The average Bonchev–Trinajstić information content (AvgIpc) is 3.18. The molecule has 1 aliphatic heterocycles. The number of aryl methyl sites for hydroxylation is 10. The Kier molecular flexibility index (Phi) is 9.99. The fourth-order valence-corrected chi connectivity index (χ4v) is 11.2. The second kappa shape index (κ2) is 15.6. The maximum Gasteiger partial charge on any atom is 0.0468 e. The van der Waals surface area contributed by atoms with E-state index >= 15 is 0 Å². The molecule has 310 valence electrons. The lowest BCUT2D eigenvalue weighted by molar-refractivity contribution is 0.967. The van der Waals surface area contributed by atoms with Crippen molar-refractivity contribution in [3.8, 4) is 22.3 Å². The molecule has 1 aliphatic rings. The molecule has 0 amide bonds. The van der Waals surface area contributed by atoms with E-state index in [2.05, 4.69) is 220 Å². The first-order valence-electron chi connectivity index (χ1n) is 22.6. The predicted octanol–water partition coefficient (Wildman–Crippen LogP) is 17.0. The van der Waals surface area contributed by atoms with Crippen LogP contribution in [0.2, 0.25) is 0 Å². The van der Waals surface area contributed by atoms with Crippen molar-refractivity contribution in [2.24, 2.45) is 0 Å². The fraction of sp³-hybridized carbons (Fsp3) is 0.194. The first-order chi connectivity index (χ1) is 30.2. The van der Waals surface area contributed by atoms with Crippen molar-refractivity contribution in [2.75, 3.05) is 4.90 Å². The summed E-state index contributed by atoms with van der Waals surface area (Å²) in [6.07, 6.45) is 0.858. The van der Waals surface area contributed by atoms with E-state index in [0.717, 1.165) is 12.1 Å². The van der Waals surface area contributed by atoms with E-state index in [1.165, 1.54) is 139 Å². The molecule has 1 nitrogen and oxygen atoms in total. The highest BCUT2D eigenvalue weighted by Gasteiger charge is 2.25. The Morgan fingerprint density at radius 2 is 0.698 bits per heavy atom. The van der Waals surface area contributed by atoms with Crippen LogP contribution in [0.1, 0.15) is 89.4 Å². The third-order valence-electron chi connectivity index (χ3n) is 13.1. The Labute approximate surface area is 374 Å². The Hall–Kier alpha value is -6.70. The van der Waals surface area contributed by atoms with E-state index in [0.29, 0.717) is 0 Å². The normalized spacial score (nSPS) is 12.3. The molecule has 0 saturated carbocycles. The number of benzene rings is 9. The summed E-state index contributed by atoms with van der Waals surface area (Å²) in [4.78, 5) is 2.49. The van der Waals surface area contributed by atoms with Crippen LogP contribution in [0.15, 0.2) is 146 Å². The van der Waals surface area contributed by atoms with Crippen LogP contribution in [-0.4, -0.2) is 0 Å². The van der Waals surface area contributed by atoms with Crippen LogP contribution in [0.25, 0.3) is 43.8 Å². The molecule has 0 atom stereocenters. The minimum Gasteiger partial charge on any atom is -0.310 e. The maximum atomic E-state index is 2.55. The summed E-state index contributed by atoms with van der Waals surface area (Å²) in [7, 11) is 0. The molecule has 1 heteroatoms. The number of rotatable bonds is 5. The summed E-state index contributed by atoms with van der Waals surface area (Å²) in [5, 5.41) is 5.09. The van der Waals surface area contributed by atoms with Gasteiger partial charge in [0.2, 0.25) is 0 Å². The van der Waals surface area contributed by atoms with Gasteiger partial charge in [-0.3, -0.25) is 0 Å². The van der Waals surface area contributed by atoms with E-state index < -0.39 is 0 Å². The third kappa shape index (κ3) is 7.65. The van der Waals surface area contributed by atoms with Gasteiger partial charge in [0.25, 0.3) is 0 Å². The molecule has 9 aromatic rings. The van der Waals surface area contributed by atoms with Crippen LogP contribution in [0, 0.1) is 69.2 Å². The van der Waals surface area contributed by atoms with Gasteiger partial charge >= 0.3 is 0 Å². The molecule has 0 radical (unpaired) electrons. The summed E-state index contributed by atoms with van der Waals surface area (Å²) in [5.74, 6) is 0.0625. The molecule has 0 fully saturated rings. The van der Waals surface area contributed by atoms with Crippen LogP contribution >= 0.6 is 0 Å². The summed E-state index contributed by atoms with van der Waals surface area (Å²) in [6.45, 7) is 22.3. The number of hydrogen-bond donors (Lipinski definition) is 0. The Morgan fingerprint density at radius 3 is 1.24 bits per heavy atom. The highest BCUT2D eigenvalue weighted by atomic mass is 15.1. The van der Waals surface area contributed by atoms with Crippen molar-refractivity contribution in [1.29, 1.82) is 0 Å². The summed E-state index contributed by atoms with van der Waals surface area (Å²) in [6, 6.07) is 57.3. The minimum absolute atomic E-state index is 0.0625. The van der Waals surface area contributed by atoms with E-state index in [-0.39, 0.29) is 5.92 Å². The second-order valence-electron chi connectivity index (χ2n) is 19.2. The highest BCUT2D eigenvalue weighted by Crippen LogP contribution is 2.49.